The molecule has 1 aliphatic rings. The minimum Gasteiger partial charge on any atom is -0.293 e. The minimum absolute atomic E-state index is 0.172. The van der Waals surface area contributed by atoms with E-state index < -0.39 is 16.5 Å². The maximum atomic E-state index is 13.1. The molecule has 0 N–H and O–H groups in total. The van der Waals surface area contributed by atoms with Gasteiger partial charge in [0.1, 0.15) is 0 Å². The van der Waals surface area contributed by atoms with Crippen molar-refractivity contribution < 1.29 is 13.6 Å². The lowest BCUT2D eigenvalue weighted by Gasteiger charge is -1.98. The van der Waals surface area contributed by atoms with Crippen molar-refractivity contribution in [1.29, 1.82) is 0 Å². The summed E-state index contributed by atoms with van der Waals surface area (Å²) < 4.78 is 25.8. The average Bonchev–Trinajstić information content (AvgIpc) is 2.38. The van der Waals surface area contributed by atoms with E-state index in [0.29, 0.717) is 5.56 Å². The molecule has 1 atom stereocenters. The maximum Gasteiger partial charge on any atom is 0.177 e. The number of carbonyl (C=O) groups excluding carboxylic acids is 1. The molecule has 1 nitrogen and oxygen atoms in total. The molecule has 0 heterocycles. The van der Waals surface area contributed by atoms with Crippen LogP contribution >= 0.6 is 15.9 Å². The van der Waals surface area contributed by atoms with Gasteiger partial charge >= 0.3 is 0 Å². The van der Waals surface area contributed by atoms with E-state index in [0.717, 1.165) is 6.07 Å². The number of alkyl halides is 1. The second-order valence-corrected chi connectivity index (χ2v) is 4.03. The van der Waals surface area contributed by atoms with E-state index in [-0.39, 0.29) is 17.8 Å². The first-order chi connectivity index (χ1) is 6.11. The van der Waals surface area contributed by atoms with Gasteiger partial charge in [0.15, 0.2) is 17.4 Å². The van der Waals surface area contributed by atoms with Crippen molar-refractivity contribution in [2.45, 2.75) is 11.2 Å². The summed E-state index contributed by atoms with van der Waals surface area (Å²) in [5.41, 5.74) is 0.479. The monoisotopic (exact) mass is 246 g/mol. The standard InChI is InChI=1S/C9H5BrF2O/c10-6-3-5-4(9(6)13)1-2-7(11)8(5)12/h1-2,6H,3H2. The molecule has 0 saturated carbocycles. The number of hydrogen-bond acceptors (Lipinski definition) is 1. The van der Waals surface area contributed by atoms with Crippen LogP contribution in [0.4, 0.5) is 8.78 Å². The van der Waals surface area contributed by atoms with Crippen LogP contribution in [0.5, 0.6) is 0 Å². The zero-order valence-electron chi connectivity index (χ0n) is 6.48. The van der Waals surface area contributed by atoms with Crippen LogP contribution in [0.3, 0.4) is 0 Å². The number of rotatable bonds is 0. The Kier molecular flexibility index (Phi) is 1.95. The van der Waals surface area contributed by atoms with Gasteiger partial charge in [0.05, 0.1) is 4.83 Å². The maximum absolute atomic E-state index is 13.1. The van der Waals surface area contributed by atoms with E-state index >= 15 is 0 Å². The van der Waals surface area contributed by atoms with Gasteiger partial charge in [0.25, 0.3) is 0 Å². The minimum atomic E-state index is -0.896. The molecule has 0 fully saturated rings. The third-order valence-electron chi connectivity index (χ3n) is 2.13. The van der Waals surface area contributed by atoms with E-state index in [1.807, 2.05) is 0 Å². The van der Waals surface area contributed by atoms with Crippen LogP contribution in [-0.4, -0.2) is 10.6 Å². The Labute approximate surface area is 81.9 Å². The third kappa shape index (κ3) is 1.20. The zero-order chi connectivity index (χ0) is 9.59. The topological polar surface area (TPSA) is 17.1 Å². The molecule has 0 bridgehead atoms. The lowest BCUT2D eigenvalue weighted by molar-refractivity contribution is 0.100. The van der Waals surface area contributed by atoms with Crippen LogP contribution in [-0.2, 0) is 6.42 Å². The Bertz CT molecular complexity index is 389. The number of carbonyl (C=O) groups is 1. The second kappa shape index (κ2) is 2.87. The molecule has 68 valence electrons. The normalized spacial score (nSPS) is 20.5. The SMILES string of the molecule is O=C1c2ccc(F)c(F)c2CC1Br. The Morgan fingerprint density at radius 3 is 2.77 bits per heavy atom. The van der Waals surface area contributed by atoms with Gasteiger partial charge in [-0.05, 0) is 18.6 Å². The van der Waals surface area contributed by atoms with Crippen molar-refractivity contribution in [2.24, 2.45) is 0 Å². The van der Waals surface area contributed by atoms with Gasteiger partial charge in [-0.1, -0.05) is 15.9 Å². The van der Waals surface area contributed by atoms with Crippen LogP contribution in [0.15, 0.2) is 12.1 Å². The highest BCUT2D eigenvalue weighted by atomic mass is 79.9. The fourth-order valence-corrected chi connectivity index (χ4v) is 2.03. The summed E-state index contributed by atoms with van der Waals surface area (Å²) in [6, 6.07) is 2.31. The van der Waals surface area contributed by atoms with Crippen molar-refractivity contribution in [2.75, 3.05) is 0 Å². The third-order valence-corrected chi connectivity index (χ3v) is 2.87. The van der Waals surface area contributed by atoms with Gasteiger partial charge in [-0.2, -0.15) is 0 Å². The van der Waals surface area contributed by atoms with E-state index in [9.17, 15) is 13.6 Å². The number of hydrogen-bond donors (Lipinski definition) is 0. The first kappa shape index (κ1) is 8.81. The van der Waals surface area contributed by atoms with Crippen molar-refractivity contribution in [3.05, 3.63) is 34.9 Å². The lowest BCUT2D eigenvalue weighted by Crippen LogP contribution is -2.05. The molecule has 0 aromatic heterocycles. The highest BCUT2D eigenvalue weighted by molar-refractivity contribution is 9.10. The molecule has 1 aliphatic carbocycles. The predicted octanol–water partition coefficient (Wildman–Crippen LogP) is 2.47. The summed E-state index contributed by atoms with van der Waals surface area (Å²) in [5, 5.41) is 0. The number of halogens is 3. The largest absolute Gasteiger partial charge is 0.293 e. The molecule has 0 radical (unpaired) electrons. The van der Waals surface area contributed by atoms with Crippen LogP contribution in [0.1, 0.15) is 15.9 Å². The highest BCUT2D eigenvalue weighted by Gasteiger charge is 2.31. The zero-order valence-corrected chi connectivity index (χ0v) is 8.07. The number of benzene rings is 1. The van der Waals surface area contributed by atoms with E-state index in [4.69, 9.17) is 0 Å². The average molecular weight is 247 g/mol. The van der Waals surface area contributed by atoms with Crippen molar-refractivity contribution in [3.63, 3.8) is 0 Å². The van der Waals surface area contributed by atoms with Gasteiger partial charge in [-0.25, -0.2) is 8.78 Å². The molecule has 4 heteroatoms. The first-order valence-corrected chi connectivity index (χ1v) is 4.68. The molecular weight excluding hydrogens is 242 g/mol. The fraction of sp³-hybridized carbons (Fsp3) is 0.222. The van der Waals surface area contributed by atoms with Gasteiger partial charge in [0.2, 0.25) is 0 Å². The quantitative estimate of drug-likeness (QED) is 0.643. The van der Waals surface area contributed by atoms with Crippen LogP contribution in [0.2, 0.25) is 0 Å². The summed E-state index contributed by atoms with van der Waals surface area (Å²) in [6.07, 6.45) is 0.234. The fourth-order valence-electron chi connectivity index (χ4n) is 1.46. The van der Waals surface area contributed by atoms with E-state index in [2.05, 4.69) is 15.9 Å². The summed E-state index contributed by atoms with van der Waals surface area (Å²) in [7, 11) is 0. The van der Waals surface area contributed by atoms with Crippen LogP contribution in [0, 0.1) is 11.6 Å². The van der Waals surface area contributed by atoms with Gasteiger partial charge in [-0.3, -0.25) is 4.79 Å². The summed E-state index contributed by atoms with van der Waals surface area (Å²) in [4.78, 5) is 10.9. The molecule has 1 unspecified atom stereocenters. The van der Waals surface area contributed by atoms with E-state index in [1.165, 1.54) is 6.07 Å². The van der Waals surface area contributed by atoms with Gasteiger partial charge < -0.3 is 0 Å². The first-order valence-electron chi connectivity index (χ1n) is 3.76. The summed E-state index contributed by atoms with van der Waals surface area (Å²) >= 11 is 3.10. The van der Waals surface area contributed by atoms with E-state index in [1.54, 1.807) is 0 Å². The molecule has 2 rings (SSSR count). The van der Waals surface area contributed by atoms with Crippen molar-refractivity contribution in [3.8, 4) is 0 Å². The van der Waals surface area contributed by atoms with Gasteiger partial charge in [-0.15, -0.1) is 0 Å². The Hall–Kier alpha value is -0.770. The number of fused-ring (bicyclic) bond motifs is 1. The molecule has 0 aliphatic heterocycles. The summed E-state index contributed by atoms with van der Waals surface area (Å²) in [5.74, 6) is -1.96. The molecule has 13 heavy (non-hydrogen) atoms. The molecule has 1 aromatic carbocycles. The van der Waals surface area contributed by atoms with Gasteiger partial charge in [0, 0.05) is 11.1 Å². The Balaban J connectivity index is 2.64. The van der Waals surface area contributed by atoms with Crippen LogP contribution < -0.4 is 0 Å². The van der Waals surface area contributed by atoms with Crippen molar-refractivity contribution >= 4 is 21.7 Å². The van der Waals surface area contributed by atoms with Crippen LogP contribution in [0.25, 0.3) is 0 Å². The Morgan fingerprint density at radius 1 is 1.38 bits per heavy atom. The smallest absolute Gasteiger partial charge is 0.177 e. The molecule has 1 aromatic rings. The number of ketones is 1. The molecular formula is C9H5BrF2O. The molecule has 0 saturated heterocycles. The number of Topliss-reactive ketones (excluding diaryl/α,β-unsaturated/α-hetero) is 1. The molecule has 0 amide bonds. The predicted molar refractivity (Wildman–Crippen MR) is 47.1 cm³/mol. The summed E-state index contributed by atoms with van der Waals surface area (Å²) in [6.45, 7) is 0. The van der Waals surface area contributed by atoms with Crippen molar-refractivity contribution in [1.82, 2.24) is 0 Å². The highest BCUT2D eigenvalue weighted by Crippen LogP contribution is 2.29. The molecule has 0 spiro atoms. The lowest BCUT2D eigenvalue weighted by atomic mass is 10.1. The Morgan fingerprint density at radius 2 is 2.08 bits per heavy atom. The second-order valence-electron chi connectivity index (χ2n) is 2.92.